The molecule has 0 unspecified atom stereocenters. The molecule has 1 saturated heterocycles. The van der Waals surface area contributed by atoms with E-state index in [2.05, 4.69) is 10.3 Å². The Balaban J connectivity index is 1.68. The number of quaternary nitrogens is 1. The van der Waals surface area contributed by atoms with Gasteiger partial charge in [-0.05, 0) is 17.7 Å². The summed E-state index contributed by atoms with van der Waals surface area (Å²) < 4.78 is 32.9. The van der Waals surface area contributed by atoms with Crippen LogP contribution in [-0.4, -0.2) is 79.6 Å². The van der Waals surface area contributed by atoms with Gasteiger partial charge in [-0.15, -0.1) is 0 Å². The van der Waals surface area contributed by atoms with Crippen LogP contribution < -0.4 is 15.5 Å². The van der Waals surface area contributed by atoms with Crippen molar-refractivity contribution in [2.24, 2.45) is 4.99 Å². The van der Waals surface area contributed by atoms with Crippen molar-refractivity contribution in [3.8, 4) is 0 Å². The minimum atomic E-state index is -3.42. The number of benzene rings is 1. The van der Waals surface area contributed by atoms with Crippen LogP contribution in [0.2, 0.25) is 0 Å². The molecule has 0 saturated carbocycles. The summed E-state index contributed by atoms with van der Waals surface area (Å²) in [5.41, 5.74) is 1.76. The molecule has 34 heavy (non-hydrogen) atoms. The number of carbonyl (C=O) groups is 2. The minimum Gasteiger partial charge on any atom is -0.390 e. The molecule has 0 aromatic heterocycles. The van der Waals surface area contributed by atoms with E-state index in [-0.39, 0.29) is 17.7 Å². The number of allylic oxidation sites excluding steroid dienone is 1. The van der Waals surface area contributed by atoms with E-state index in [1.54, 1.807) is 29.7 Å². The van der Waals surface area contributed by atoms with Crippen molar-refractivity contribution in [1.29, 1.82) is 5.41 Å². The Morgan fingerprint density at radius 1 is 1.35 bits per heavy atom. The highest BCUT2D eigenvalue weighted by Gasteiger charge is 2.38. The van der Waals surface area contributed by atoms with Crippen LogP contribution in [0.25, 0.3) is 0 Å². The predicted molar refractivity (Wildman–Crippen MR) is 120 cm³/mol. The number of aliphatic hydroxyl groups is 1. The molecule has 3 aliphatic heterocycles. The highest BCUT2D eigenvalue weighted by Crippen LogP contribution is 2.36. The second kappa shape index (κ2) is 9.79. The maximum absolute atomic E-state index is 13.8. The Kier molecular flexibility index (Phi) is 6.82. The van der Waals surface area contributed by atoms with Crippen LogP contribution in [0, 0.1) is 5.41 Å². The van der Waals surface area contributed by atoms with Crippen LogP contribution >= 0.6 is 0 Å². The van der Waals surface area contributed by atoms with Gasteiger partial charge in [-0.2, -0.15) is 0 Å². The number of rotatable bonds is 7. The van der Waals surface area contributed by atoms with Crippen molar-refractivity contribution in [3.05, 3.63) is 46.9 Å². The molecule has 1 aromatic rings. The number of halogens is 2. The molecule has 12 heteroatoms. The quantitative estimate of drug-likeness (QED) is 0.327. The first-order valence-corrected chi connectivity index (χ1v) is 10.7. The topological polar surface area (TPSA) is 135 Å². The van der Waals surface area contributed by atoms with Gasteiger partial charge in [0, 0.05) is 43.7 Å². The number of ether oxygens (including phenoxy) is 1. The van der Waals surface area contributed by atoms with Gasteiger partial charge in [0.2, 0.25) is 5.82 Å². The lowest BCUT2D eigenvalue weighted by atomic mass is 10.1. The lowest BCUT2D eigenvalue weighted by Gasteiger charge is -2.31. The van der Waals surface area contributed by atoms with Crippen LogP contribution in [0.1, 0.15) is 15.9 Å². The molecule has 2 amide bonds. The molecular weight excluding hydrogens is 450 g/mol. The number of fused-ring (bicyclic) bond motifs is 1. The molecule has 10 nitrogen and oxygen atoms in total. The molecule has 0 spiro atoms. The molecule has 0 atom stereocenters. The van der Waals surface area contributed by atoms with Gasteiger partial charge in [0.15, 0.2) is 0 Å². The predicted octanol–water partition coefficient (Wildman–Crippen LogP) is 0.0678. The maximum atomic E-state index is 13.8. The average Bonchev–Trinajstić information content (AvgIpc) is 3.13. The fraction of sp³-hybridized carbons (Fsp3) is 0.364. The van der Waals surface area contributed by atoms with E-state index < -0.39 is 30.9 Å². The van der Waals surface area contributed by atoms with Crippen LogP contribution in [0.3, 0.4) is 0 Å². The third kappa shape index (κ3) is 4.88. The standard InChI is InChI=1S/C22H24F2N6O4/c23-22(24,13-31)12-30-11-14-8-17(28-20(32)16(10-25)19-26-2-1-3-27-19)18(9-15(14)21(30)33)29-4-6-34-7-5-29/h1-3,8-10,25-26,31H,4-7,11-13H2,(H,28,32)/p+1/b19-16-,25-10?. The van der Waals surface area contributed by atoms with E-state index >= 15 is 0 Å². The van der Waals surface area contributed by atoms with E-state index in [0.717, 1.165) is 11.1 Å². The van der Waals surface area contributed by atoms with Crippen LogP contribution in [0.15, 0.2) is 40.8 Å². The van der Waals surface area contributed by atoms with Gasteiger partial charge in [-0.1, -0.05) is 0 Å². The van der Waals surface area contributed by atoms with E-state index in [9.17, 15) is 18.4 Å². The van der Waals surface area contributed by atoms with Gasteiger partial charge in [0.05, 0.1) is 31.1 Å². The molecule has 0 bridgehead atoms. The molecule has 3 aliphatic rings. The van der Waals surface area contributed by atoms with Crippen molar-refractivity contribution in [2.75, 3.05) is 49.7 Å². The second-order valence-electron chi connectivity index (χ2n) is 8.03. The second-order valence-corrected chi connectivity index (χ2v) is 8.03. The van der Waals surface area contributed by atoms with Crippen molar-refractivity contribution in [1.82, 2.24) is 4.90 Å². The molecule has 1 fully saturated rings. The number of carbonyl (C=O) groups excluding carboxylic acids is 2. The number of nitrogens with zero attached hydrogens (tertiary/aromatic N) is 3. The highest BCUT2D eigenvalue weighted by molar-refractivity contribution is 6.18. The van der Waals surface area contributed by atoms with E-state index in [1.807, 2.05) is 4.90 Å². The summed E-state index contributed by atoms with van der Waals surface area (Å²) in [7, 11) is 0. The maximum Gasteiger partial charge on any atom is 0.287 e. The third-order valence-corrected chi connectivity index (χ3v) is 5.68. The lowest BCUT2D eigenvalue weighted by Crippen LogP contribution is -2.76. The Bertz CT molecular complexity index is 1100. The molecule has 1 aromatic carbocycles. The SMILES string of the molecule is N=C/C(C(=O)Nc1cc2c(cc1N1CCOCC1)C(=O)N(CC(F)(F)CO)C2)=C1/N=CC=C[NH2+]1. The molecule has 4 rings (SSSR count). The largest absolute Gasteiger partial charge is 0.390 e. The Morgan fingerprint density at radius 3 is 2.76 bits per heavy atom. The number of hydrogen-bond donors (Lipinski definition) is 4. The van der Waals surface area contributed by atoms with Gasteiger partial charge in [-0.25, -0.2) is 13.8 Å². The zero-order valence-electron chi connectivity index (χ0n) is 18.3. The molecular formula is C22H25F2N6O4+. The summed E-state index contributed by atoms with van der Waals surface area (Å²) in [5.74, 6) is -4.21. The minimum absolute atomic E-state index is 0.0503. The summed E-state index contributed by atoms with van der Waals surface area (Å²) in [4.78, 5) is 32.9. The van der Waals surface area contributed by atoms with Crippen molar-refractivity contribution in [3.63, 3.8) is 0 Å². The van der Waals surface area contributed by atoms with Crippen molar-refractivity contribution >= 4 is 35.6 Å². The fourth-order valence-electron chi connectivity index (χ4n) is 4.00. The smallest absolute Gasteiger partial charge is 0.287 e. The molecule has 0 radical (unpaired) electrons. The van der Waals surface area contributed by atoms with Gasteiger partial charge < -0.3 is 30.4 Å². The summed E-state index contributed by atoms with van der Waals surface area (Å²) in [6.07, 6.45) is 5.84. The van der Waals surface area contributed by atoms with E-state index in [1.165, 1.54) is 6.21 Å². The Morgan fingerprint density at radius 2 is 2.12 bits per heavy atom. The molecule has 3 heterocycles. The molecule has 180 valence electrons. The number of hydrogen-bond acceptors (Lipinski definition) is 7. The summed E-state index contributed by atoms with van der Waals surface area (Å²) >= 11 is 0. The lowest BCUT2D eigenvalue weighted by molar-refractivity contribution is -0.536. The Hall–Kier alpha value is -3.48. The van der Waals surface area contributed by atoms with Crippen molar-refractivity contribution in [2.45, 2.75) is 12.5 Å². The van der Waals surface area contributed by atoms with Crippen LogP contribution in [-0.2, 0) is 16.1 Å². The number of amides is 2. The number of anilines is 2. The van der Waals surface area contributed by atoms with Crippen molar-refractivity contribution < 1.29 is 33.5 Å². The zero-order valence-corrected chi connectivity index (χ0v) is 18.3. The summed E-state index contributed by atoms with van der Waals surface area (Å²) in [6, 6.07) is 3.20. The molecule has 0 aliphatic carbocycles. The fourth-order valence-corrected chi connectivity index (χ4v) is 4.00. The summed E-state index contributed by atoms with van der Waals surface area (Å²) in [5, 5.41) is 21.0. The number of alkyl halides is 2. The number of nitrogens with one attached hydrogen (secondary N) is 2. The molecule has 5 N–H and O–H groups in total. The van der Waals surface area contributed by atoms with Gasteiger partial charge in [-0.3, -0.25) is 14.9 Å². The monoisotopic (exact) mass is 475 g/mol. The number of nitrogens with two attached hydrogens (primary N) is 1. The first kappa shape index (κ1) is 23.7. The van der Waals surface area contributed by atoms with Crippen LogP contribution in [0.5, 0.6) is 0 Å². The first-order chi connectivity index (χ1) is 16.3. The zero-order chi connectivity index (χ0) is 24.3. The van der Waals surface area contributed by atoms with Gasteiger partial charge >= 0.3 is 0 Å². The summed E-state index contributed by atoms with van der Waals surface area (Å²) in [6.45, 7) is -0.386. The normalized spacial score (nSPS) is 19.3. The number of aliphatic imine (C=N–C) groups is 1. The van der Waals surface area contributed by atoms with E-state index in [4.69, 9.17) is 15.3 Å². The number of aliphatic hydroxyl groups excluding tert-OH is 1. The third-order valence-electron chi connectivity index (χ3n) is 5.68. The number of morpholine rings is 1. The van der Waals surface area contributed by atoms with E-state index in [0.29, 0.717) is 49.1 Å². The highest BCUT2D eigenvalue weighted by atomic mass is 19.3. The average molecular weight is 475 g/mol. The Labute approximate surface area is 194 Å². The van der Waals surface area contributed by atoms with Crippen LogP contribution in [0.4, 0.5) is 20.2 Å². The first-order valence-electron chi connectivity index (χ1n) is 10.7. The van der Waals surface area contributed by atoms with Gasteiger partial charge in [0.1, 0.15) is 18.4 Å². The van der Waals surface area contributed by atoms with Gasteiger partial charge in [0.25, 0.3) is 17.7 Å².